The Hall–Kier alpha value is -1.28. The molecule has 0 N–H and O–H groups in total. The highest BCUT2D eigenvalue weighted by molar-refractivity contribution is 5.16. The average molecular weight is 146 g/mol. The van der Waals surface area contributed by atoms with Crippen LogP contribution in [0.5, 0.6) is 0 Å². The molecule has 0 bridgehead atoms. The van der Waals surface area contributed by atoms with Crippen molar-refractivity contribution in [2.45, 2.75) is 19.3 Å². The van der Waals surface area contributed by atoms with Gasteiger partial charge in [-0.25, -0.2) is 0 Å². The van der Waals surface area contributed by atoms with Gasteiger partial charge in [0.25, 0.3) is 0 Å². The van der Waals surface area contributed by atoms with E-state index in [9.17, 15) is 0 Å². The average Bonchev–Trinajstić information content (AvgIpc) is 2.40. The van der Waals surface area contributed by atoms with Crippen molar-refractivity contribution in [2.75, 3.05) is 0 Å². The van der Waals surface area contributed by atoms with Crippen LogP contribution in [-0.4, -0.2) is 0 Å². The summed E-state index contributed by atoms with van der Waals surface area (Å²) in [4.78, 5) is 0. The Morgan fingerprint density at radius 3 is 2.45 bits per heavy atom. The zero-order chi connectivity index (χ0) is 8.27. The van der Waals surface area contributed by atoms with Gasteiger partial charge in [0.2, 0.25) is 0 Å². The fourth-order valence-corrected chi connectivity index (χ4v) is 1.55. The smallest absolute Gasteiger partial charge is 0.139 e. The van der Waals surface area contributed by atoms with Crippen molar-refractivity contribution >= 4 is 0 Å². The first-order valence-corrected chi connectivity index (χ1v) is 3.76. The first-order chi connectivity index (χ1) is 5.29. The number of nitriles is 2. The lowest BCUT2D eigenvalue weighted by molar-refractivity contribution is 0.558. The van der Waals surface area contributed by atoms with Gasteiger partial charge in [-0.05, 0) is 19.3 Å². The van der Waals surface area contributed by atoms with Gasteiger partial charge in [-0.1, -0.05) is 12.2 Å². The van der Waals surface area contributed by atoms with Gasteiger partial charge in [0.15, 0.2) is 0 Å². The van der Waals surface area contributed by atoms with Gasteiger partial charge in [0.05, 0.1) is 12.1 Å². The molecule has 0 aromatic rings. The molecule has 0 amide bonds. The Balaban J connectivity index is 2.68. The molecule has 0 aromatic heterocycles. The molecule has 56 valence electrons. The summed E-state index contributed by atoms with van der Waals surface area (Å²) < 4.78 is 0. The van der Waals surface area contributed by atoms with Crippen LogP contribution in [0.2, 0.25) is 0 Å². The van der Waals surface area contributed by atoms with Crippen molar-refractivity contribution in [3.8, 4) is 12.1 Å². The molecule has 1 atom stereocenters. The highest BCUT2D eigenvalue weighted by Crippen LogP contribution is 2.34. The first kappa shape index (κ1) is 7.82. The molecule has 0 aromatic carbocycles. The maximum absolute atomic E-state index is 8.59. The maximum Gasteiger partial charge on any atom is 0.139 e. The summed E-state index contributed by atoms with van der Waals surface area (Å²) in [6.45, 7) is 3.85. The molecule has 0 saturated heterocycles. The predicted molar refractivity (Wildman–Crippen MR) is 41.2 cm³/mol. The number of allylic oxidation sites excluding steroid dienone is 1. The van der Waals surface area contributed by atoms with E-state index in [2.05, 4.69) is 6.58 Å². The summed E-state index contributed by atoms with van der Waals surface area (Å²) >= 11 is 0. The Labute approximate surface area is 66.7 Å². The van der Waals surface area contributed by atoms with Gasteiger partial charge < -0.3 is 0 Å². The lowest BCUT2D eigenvalue weighted by Crippen LogP contribution is -2.08. The predicted octanol–water partition coefficient (Wildman–Crippen LogP) is 2.01. The second-order valence-corrected chi connectivity index (χ2v) is 2.89. The van der Waals surface area contributed by atoms with Crippen LogP contribution in [0, 0.1) is 34.5 Å². The van der Waals surface area contributed by atoms with Gasteiger partial charge in [-0.15, -0.1) is 0 Å². The second kappa shape index (κ2) is 3.21. The van der Waals surface area contributed by atoms with E-state index in [1.54, 1.807) is 0 Å². The Morgan fingerprint density at radius 1 is 1.45 bits per heavy atom. The van der Waals surface area contributed by atoms with E-state index in [0.29, 0.717) is 0 Å². The summed E-state index contributed by atoms with van der Waals surface area (Å²) in [5.41, 5.74) is 1.08. The molecule has 0 aliphatic heterocycles. The number of nitrogens with zero attached hydrogens (tertiary/aromatic N) is 2. The highest BCUT2D eigenvalue weighted by atomic mass is 14.4. The first-order valence-electron chi connectivity index (χ1n) is 3.76. The number of hydrogen-bond acceptors (Lipinski definition) is 2. The molecular weight excluding hydrogens is 136 g/mol. The topological polar surface area (TPSA) is 47.6 Å². The quantitative estimate of drug-likeness (QED) is 0.531. The Morgan fingerprint density at radius 2 is 2.09 bits per heavy atom. The minimum atomic E-state index is -0.468. The standard InChI is InChI=1S/C9H10N2/c1-7-3-2-4-9(7)8(5-10)6-11/h8-9H,1-4H2. The summed E-state index contributed by atoms with van der Waals surface area (Å²) in [6, 6.07) is 4.00. The second-order valence-electron chi connectivity index (χ2n) is 2.89. The van der Waals surface area contributed by atoms with E-state index in [-0.39, 0.29) is 5.92 Å². The molecule has 1 rings (SSSR count). The normalized spacial score (nSPS) is 23.2. The van der Waals surface area contributed by atoms with Crippen LogP contribution in [0.3, 0.4) is 0 Å². The van der Waals surface area contributed by atoms with Gasteiger partial charge in [-0.3, -0.25) is 0 Å². The Bertz CT molecular complexity index is 227. The monoisotopic (exact) mass is 146 g/mol. The van der Waals surface area contributed by atoms with E-state index >= 15 is 0 Å². The van der Waals surface area contributed by atoms with Crippen molar-refractivity contribution < 1.29 is 0 Å². The summed E-state index contributed by atoms with van der Waals surface area (Å²) in [7, 11) is 0. The molecule has 1 saturated carbocycles. The molecule has 2 nitrogen and oxygen atoms in total. The van der Waals surface area contributed by atoms with Crippen molar-refractivity contribution in [1.82, 2.24) is 0 Å². The Kier molecular flexibility index (Phi) is 2.28. The molecule has 1 fully saturated rings. The molecule has 0 radical (unpaired) electrons. The molecule has 0 spiro atoms. The largest absolute Gasteiger partial charge is 0.197 e. The molecule has 11 heavy (non-hydrogen) atoms. The van der Waals surface area contributed by atoms with E-state index in [1.165, 1.54) is 0 Å². The van der Waals surface area contributed by atoms with Gasteiger partial charge in [0, 0.05) is 5.92 Å². The molecule has 0 heterocycles. The number of hydrogen-bond donors (Lipinski definition) is 0. The zero-order valence-corrected chi connectivity index (χ0v) is 6.38. The van der Waals surface area contributed by atoms with Crippen LogP contribution in [0.1, 0.15) is 19.3 Å². The van der Waals surface area contributed by atoms with E-state index in [0.717, 1.165) is 24.8 Å². The van der Waals surface area contributed by atoms with Crippen LogP contribution in [0.25, 0.3) is 0 Å². The summed E-state index contributed by atoms with van der Waals surface area (Å²) in [5, 5.41) is 17.2. The highest BCUT2D eigenvalue weighted by Gasteiger charge is 2.27. The fourth-order valence-electron chi connectivity index (χ4n) is 1.55. The van der Waals surface area contributed by atoms with Crippen molar-refractivity contribution in [1.29, 1.82) is 10.5 Å². The van der Waals surface area contributed by atoms with Gasteiger partial charge >= 0.3 is 0 Å². The molecule has 1 unspecified atom stereocenters. The van der Waals surface area contributed by atoms with Crippen LogP contribution in [0.4, 0.5) is 0 Å². The minimum Gasteiger partial charge on any atom is -0.197 e. The molecule has 2 heteroatoms. The van der Waals surface area contributed by atoms with Crippen molar-refractivity contribution in [3.05, 3.63) is 12.2 Å². The lowest BCUT2D eigenvalue weighted by atomic mass is 9.91. The van der Waals surface area contributed by atoms with Crippen LogP contribution >= 0.6 is 0 Å². The van der Waals surface area contributed by atoms with Crippen LogP contribution in [0.15, 0.2) is 12.2 Å². The van der Waals surface area contributed by atoms with Crippen LogP contribution < -0.4 is 0 Å². The minimum absolute atomic E-state index is 0.144. The van der Waals surface area contributed by atoms with E-state index in [4.69, 9.17) is 10.5 Å². The summed E-state index contributed by atoms with van der Waals surface area (Å²) in [5.74, 6) is -0.324. The third-order valence-electron chi connectivity index (χ3n) is 2.22. The van der Waals surface area contributed by atoms with Gasteiger partial charge in [-0.2, -0.15) is 10.5 Å². The summed E-state index contributed by atoms with van der Waals surface area (Å²) in [6.07, 6.45) is 3.04. The van der Waals surface area contributed by atoms with Crippen molar-refractivity contribution in [3.63, 3.8) is 0 Å². The maximum atomic E-state index is 8.59. The van der Waals surface area contributed by atoms with Crippen molar-refractivity contribution in [2.24, 2.45) is 11.8 Å². The molecular formula is C9H10N2. The van der Waals surface area contributed by atoms with E-state index < -0.39 is 5.92 Å². The fraction of sp³-hybridized carbons (Fsp3) is 0.556. The van der Waals surface area contributed by atoms with Crippen LogP contribution in [-0.2, 0) is 0 Å². The molecule has 1 aliphatic rings. The zero-order valence-electron chi connectivity index (χ0n) is 6.38. The third kappa shape index (κ3) is 1.41. The third-order valence-corrected chi connectivity index (χ3v) is 2.22. The van der Waals surface area contributed by atoms with Gasteiger partial charge in [0.1, 0.15) is 5.92 Å². The van der Waals surface area contributed by atoms with E-state index in [1.807, 2.05) is 12.1 Å². The lowest BCUT2D eigenvalue weighted by Gasteiger charge is -2.09. The number of rotatable bonds is 1. The SMILES string of the molecule is C=C1CCCC1C(C#N)C#N. The molecule has 1 aliphatic carbocycles.